The van der Waals surface area contributed by atoms with Gasteiger partial charge < -0.3 is 15.7 Å². The molecule has 0 saturated carbocycles. The zero-order chi connectivity index (χ0) is 18.4. The molecule has 2 unspecified atom stereocenters. The highest BCUT2D eigenvalue weighted by atomic mass is 19.1. The Balaban J connectivity index is 1.98. The SMILES string of the molecule is CCc1ccccc1NC(=O)C(=O)NC(C)C(O)c1ccc(F)cc1. The summed E-state index contributed by atoms with van der Waals surface area (Å²) in [7, 11) is 0. The van der Waals surface area contributed by atoms with Gasteiger partial charge in [-0.05, 0) is 42.7 Å². The van der Waals surface area contributed by atoms with E-state index in [1.807, 2.05) is 19.1 Å². The van der Waals surface area contributed by atoms with Crippen LogP contribution in [-0.2, 0) is 16.0 Å². The van der Waals surface area contributed by atoms with E-state index in [1.165, 1.54) is 24.3 Å². The molecule has 0 radical (unpaired) electrons. The van der Waals surface area contributed by atoms with Crippen molar-refractivity contribution < 1.29 is 19.1 Å². The first kappa shape index (κ1) is 18.6. The molecule has 25 heavy (non-hydrogen) atoms. The lowest BCUT2D eigenvalue weighted by atomic mass is 10.0. The fourth-order valence-electron chi connectivity index (χ4n) is 2.43. The zero-order valence-corrected chi connectivity index (χ0v) is 14.1. The van der Waals surface area contributed by atoms with Crippen molar-refractivity contribution >= 4 is 17.5 Å². The van der Waals surface area contributed by atoms with Crippen LogP contribution in [0.1, 0.15) is 31.1 Å². The van der Waals surface area contributed by atoms with E-state index in [0.29, 0.717) is 11.3 Å². The zero-order valence-electron chi connectivity index (χ0n) is 14.1. The number of nitrogens with one attached hydrogen (secondary N) is 2. The van der Waals surface area contributed by atoms with Crippen molar-refractivity contribution in [2.24, 2.45) is 0 Å². The molecule has 5 nitrogen and oxygen atoms in total. The van der Waals surface area contributed by atoms with Crippen molar-refractivity contribution in [3.63, 3.8) is 0 Å². The smallest absolute Gasteiger partial charge is 0.313 e. The van der Waals surface area contributed by atoms with Crippen LogP contribution in [0.5, 0.6) is 0 Å². The minimum absolute atomic E-state index is 0.415. The third kappa shape index (κ3) is 4.87. The number of rotatable bonds is 5. The van der Waals surface area contributed by atoms with E-state index in [0.717, 1.165) is 12.0 Å². The molecule has 2 aromatic carbocycles. The van der Waals surface area contributed by atoms with E-state index in [2.05, 4.69) is 10.6 Å². The lowest BCUT2D eigenvalue weighted by molar-refractivity contribution is -0.137. The van der Waals surface area contributed by atoms with Gasteiger partial charge in [0, 0.05) is 5.69 Å². The van der Waals surface area contributed by atoms with Gasteiger partial charge in [0.25, 0.3) is 0 Å². The number of aliphatic hydroxyl groups excluding tert-OH is 1. The molecule has 2 rings (SSSR count). The van der Waals surface area contributed by atoms with Crippen molar-refractivity contribution in [1.82, 2.24) is 5.32 Å². The molecule has 0 aliphatic carbocycles. The van der Waals surface area contributed by atoms with Gasteiger partial charge in [0.05, 0.1) is 12.1 Å². The summed E-state index contributed by atoms with van der Waals surface area (Å²) in [5.41, 5.74) is 1.95. The fraction of sp³-hybridized carbons (Fsp3) is 0.263. The van der Waals surface area contributed by atoms with Crippen molar-refractivity contribution in [2.75, 3.05) is 5.32 Å². The van der Waals surface area contributed by atoms with Gasteiger partial charge in [0.1, 0.15) is 5.82 Å². The quantitative estimate of drug-likeness (QED) is 0.730. The minimum atomic E-state index is -1.06. The van der Waals surface area contributed by atoms with Crippen molar-refractivity contribution in [1.29, 1.82) is 0 Å². The lowest BCUT2D eigenvalue weighted by Crippen LogP contribution is -2.43. The molecule has 2 atom stereocenters. The Hall–Kier alpha value is -2.73. The number of para-hydroxylation sites is 1. The highest BCUT2D eigenvalue weighted by Crippen LogP contribution is 2.18. The molecular formula is C19H21FN2O3. The molecule has 0 spiro atoms. The topological polar surface area (TPSA) is 78.4 Å². The molecule has 6 heteroatoms. The van der Waals surface area contributed by atoms with Gasteiger partial charge in [-0.25, -0.2) is 4.39 Å². The molecule has 0 fully saturated rings. The molecule has 0 heterocycles. The van der Waals surface area contributed by atoms with Crippen LogP contribution in [0.2, 0.25) is 0 Å². The summed E-state index contributed by atoms with van der Waals surface area (Å²) in [5, 5.41) is 15.2. The predicted molar refractivity (Wildman–Crippen MR) is 93.4 cm³/mol. The maximum Gasteiger partial charge on any atom is 0.313 e. The third-order valence-corrected chi connectivity index (χ3v) is 3.90. The molecular weight excluding hydrogens is 323 g/mol. The molecule has 0 aliphatic rings. The summed E-state index contributed by atoms with van der Waals surface area (Å²) in [6.07, 6.45) is -0.335. The average Bonchev–Trinajstić information content (AvgIpc) is 2.62. The first-order valence-electron chi connectivity index (χ1n) is 8.05. The lowest BCUT2D eigenvalue weighted by Gasteiger charge is -2.20. The van der Waals surface area contributed by atoms with Gasteiger partial charge in [0.2, 0.25) is 0 Å². The van der Waals surface area contributed by atoms with Gasteiger partial charge in [-0.1, -0.05) is 37.3 Å². The van der Waals surface area contributed by atoms with Crippen LogP contribution in [0, 0.1) is 5.82 Å². The number of aryl methyl sites for hydroxylation is 1. The number of carbonyl (C=O) groups excluding carboxylic acids is 2. The van der Waals surface area contributed by atoms with E-state index in [-0.39, 0.29) is 0 Å². The van der Waals surface area contributed by atoms with Gasteiger partial charge in [-0.2, -0.15) is 0 Å². The number of benzene rings is 2. The highest BCUT2D eigenvalue weighted by Gasteiger charge is 2.22. The first-order valence-corrected chi connectivity index (χ1v) is 8.05. The second-order valence-electron chi connectivity index (χ2n) is 5.72. The van der Waals surface area contributed by atoms with Gasteiger partial charge in [-0.3, -0.25) is 9.59 Å². The highest BCUT2D eigenvalue weighted by molar-refractivity contribution is 6.39. The Bertz CT molecular complexity index is 747. The molecule has 2 aromatic rings. The molecule has 132 valence electrons. The number of hydrogen-bond acceptors (Lipinski definition) is 3. The second kappa shape index (κ2) is 8.39. The Labute approximate surface area is 145 Å². The largest absolute Gasteiger partial charge is 0.386 e. The normalized spacial score (nSPS) is 13.0. The monoisotopic (exact) mass is 344 g/mol. The summed E-state index contributed by atoms with van der Waals surface area (Å²) in [4.78, 5) is 24.1. The van der Waals surface area contributed by atoms with E-state index >= 15 is 0 Å². The average molecular weight is 344 g/mol. The van der Waals surface area contributed by atoms with E-state index in [1.54, 1.807) is 19.1 Å². The standard InChI is InChI=1S/C19H21FN2O3/c1-3-13-6-4-5-7-16(13)22-19(25)18(24)21-12(2)17(23)14-8-10-15(20)11-9-14/h4-12,17,23H,3H2,1-2H3,(H,21,24)(H,22,25). The van der Waals surface area contributed by atoms with E-state index < -0.39 is 29.8 Å². The maximum absolute atomic E-state index is 12.9. The van der Waals surface area contributed by atoms with Crippen LogP contribution in [0.25, 0.3) is 0 Å². The maximum atomic E-state index is 12.9. The molecule has 3 N–H and O–H groups in total. The van der Waals surface area contributed by atoms with Crippen LogP contribution in [-0.4, -0.2) is 23.0 Å². The Morgan fingerprint density at radius 2 is 1.72 bits per heavy atom. The van der Waals surface area contributed by atoms with Crippen molar-refractivity contribution in [3.05, 3.63) is 65.5 Å². The molecule has 0 aromatic heterocycles. The molecule has 2 amide bonds. The molecule has 0 aliphatic heterocycles. The van der Waals surface area contributed by atoms with Gasteiger partial charge in [-0.15, -0.1) is 0 Å². The van der Waals surface area contributed by atoms with E-state index in [4.69, 9.17) is 0 Å². The molecule has 0 bridgehead atoms. The number of aliphatic hydroxyl groups is 1. The first-order chi connectivity index (χ1) is 11.9. The van der Waals surface area contributed by atoms with Crippen LogP contribution >= 0.6 is 0 Å². The predicted octanol–water partition coefficient (Wildman–Crippen LogP) is 2.56. The number of hydrogen-bond donors (Lipinski definition) is 3. The van der Waals surface area contributed by atoms with Crippen molar-refractivity contribution in [3.8, 4) is 0 Å². The minimum Gasteiger partial charge on any atom is -0.386 e. The van der Waals surface area contributed by atoms with Crippen LogP contribution in [0.4, 0.5) is 10.1 Å². The fourth-order valence-corrected chi connectivity index (χ4v) is 2.43. The Morgan fingerprint density at radius 3 is 2.36 bits per heavy atom. The Kier molecular flexibility index (Phi) is 6.25. The number of halogens is 1. The summed E-state index contributed by atoms with van der Waals surface area (Å²) >= 11 is 0. The second-order valence-corrected chi connectivity index (χ2v) is 5.72. The van der Waals surface area contributed by atoms with Crippen molar-refractivity contribution in [2.45, 2.75) is 32.4 Å². The number of anilines is 1. The summed E-state index contributed by atoms with van der Waals surface area (Å²) < 4.78 is 12.9. The summed E-state index contributed by atoms with van der Waals surface area (Å²) in [6, 6.07) is 11.8. The van der Waals surface area contributed by atoms with Gasteiger partial charge >= 0.3 is 11.8 Å². The van der Waals surface area contributed by atoms with Crippen LogP contribution < -0.4 is 10.6 Å². The molecule has 0 saturated heterocycles. The Morgan fingerprint density at radius 1 is 1.08 bits per heavy atom. The third-order valence-electron chi connectivity index (χ3n) is 3.90. The van der Waals surface area contributed by atoms with Gasteiger partial charge in [0.15, 0.2) is 0 Å². The van der Waals surface area contributed by atoms with Crippen LogP contribution in [0.3, 0.4) is 0 Å². The summed E-state index contributed by atoms with van der Waals surface area (Å²) in [5.74, 6) is -2.07. The summed E-state index contributed by atoms with van der Waals surface area (Å²) in [6.45, 7) is 3.52. The number of amides is 2. The van der Waals surface area contributed by atoms with Crippen LogP contribution in [0.15, 0.2) is 48.5 Å². The number of carbonyl (C=O) groups is 2. The van der Waals surface area contributed by atoms with E-state index in [9.17, 15) is 19.1 Å².